The second kappa shape index (κ2) is 8.34. The predicted molar refractivity (Wildman–Crippen MR) is 101 cm³/mol. The lowest BCUT2D eigenvalue weighted by molar-refractivity contribution is 0.0780. The molecule has 0 bridgehead atoms. The van der Waals surface area contributed by atoms with Gasteiger partial charge >= 0.3 is 0 Å². The second-order valence-electron chi connectivity index (χ2n) is 7.13. The van der Waals surface area contributed by atoms with Crippen molar-refractivity contribution in [2.24, 2.45) is 0 Å². The molecule has 0 saturated heterocycles. The fourth-order valence-corrected chi connectivity index (χ4v) is 3.52. The van der Waals surface area contributed by atoms with Gasteiger partial charge < -0.3 is 10.2 Å². The van der Waals surface area contributed by atoms with E-state index in [2.05, 4.69) is 17.2 Å². The molecule has 1 fully saturated rings. The Kier molecular flexibility index (Phi) is 5.91. The van der Waals surface area contributed by atoms with Gasteiger partial charge in [-0.3, -0.25) is 14.0 Å². The number of nitrogens with one attached hydrogen (secondary N) is 1. The van der Waals surface area contributed by atoms with E-state index in [1.807, 2.05) is 18.2 Å². The van der Waals surface area contributed by atoms with E-state index < -0.39 is 0 Å². The largest absolute Gasteiger partial charge is 0.348 e. The van der Waals surface area contributed by atoms with E-state index in [9.17, 15) is 9.59 Å². The normalized spacial score (nSPS) is 15.2. The first-order valence-corrected chi connectivity index (χ1v) is 9.65. The molecule has 6 nitrogen and oxygen atoms in total. The number of fused-ring (bicyclic) bond motifs is 1. The summed E-state index contributed by atoms with van der Waals surface area (Å²) < 4.78 is 1.72. The van der Waals surface area contributed by atoms with Crippen LogP contribution in [0.5, 0.6) is 0 Å². The van der Waals surface area contributed by atoms with E-state index in [0.29, 0.717) is 23.6 Å². The Morgan fingerprint density at radius 1 is 1.27 bits per heavy atom. The van der Waals surface area contributed by atoms with Crippen molar-refractivity contribution in [1.82, 2.24) is 19.6 Å². The van der Waals surface area contributed by atoms with Gasteiger partial charge in [-0.2, -0.15) is 0 Å². The van der Waals surface area contributed by atoms with E-state index in [0.717, 1.165) is 38.5 Å². The summed E-state index contributed by atoms with van der Waals surface area (Å²) >= 11 is 0. The summed E-state index contributed by atoms with van der Waals surface area (Å²) in [5.74, 6) is -0.0415. The Morgan fingerprint density at radius 3 is 2.77 bits per heavy atom. The summed E-state index contributed by atoms with van der Waals surface area (Å²) in [5.41, 5.74) is 1.01. The molecule has 1 N–H and O–H groups in total. The van der Waals surface area contributed by atoms with Crippen LogP contribution < -0.4 is 5.32 Å². The third-order valence-electron chi connectivity index (χ3n) is 5.09. The van der Waals surface area contributed by atoms with Gasteiger partial charge in [0, 0.05) is 25.8 Å². The summed E-state index contributed by atoms with van der Waals surface area (Å²) in [6, 6.07) is 5.76. The zero-order chi connectivity index (χ0) is 18.5. The Morgan fingerprint density at radius 2 is 2.04 bits per heavy atom. The first kappa shape index (κ1) is 18.4. The SMILES string of the molecule is CCCCN(C)C(=O)c1nc(C(=O)NC2CCCCC2)c2ccccn12. The topological polar surface area (TPSA) is 66.7 Å². The van der Waals surface area contributed by atoms with Gasteiger partial charge in [0.05, 0.1) is 5.52 Å². The third-order valence-corrected chi connectivity index (χ3v) is 5.09. The minimum atomic E-state index is -0.184. The van der Waals surface area contributed by atoms with Crippen molar-refractivity contribution in [3.8, 4) is 0 Å². The lowest BCUT2D eigenvalue weighted by atomic mass is 9.95. The molecule has 2 amide bonds. The standard InChI is InChI=1S/C20H28N4O2/c1-3-4-13-23(2)20(26)18-22-17(16-12-8-9-14-24(16)18)19(25)21-15-10-6-5-7-11-15/h8-9,12,14-15H,3-7,10-11,13H2,1-2H3,(H,21,25). The molecule has 26 heavy (non-hydrogen) atoms. The third kappa shape index (κ3) is 3.89. The number of aromatic nitrogens is 2. The van der Waals surface area contributed by atoms with E-state index >= 15 is 0 Å². The van der Waals surface area contributed by atoms with Crippen molar-refractivity contribution >= 4 is 17.3 Å². The maximum absolute atomic E-state index is 12.8. The predicted octanol–water partition coefficient (Wildman–Crippen LogP) is 3.27. The molecule has 1 aliphatic rings. The number of rotatable bonds is 6. The van der Waals surface area contributed by atoms with Crippen LogP contribution in [0.15, 0.2) is 24.4 Å². The summed E-state index contributed by atoms with van der Waals surface area (Å²) in [5, 5.41) is 3.10. The molecule has 1 saturated carbocycles. The fraction of sp³-hybridized carbons (Fsp3) is 0.550. The molecule has 2 heterocycles. The fourth-order valence-electron chi connectivity index (χ4n) is 3.52. The molecular weight excluding hydrogens is 328 g/mol. The molecule has 2 aromatic rings. The number of carbonyl (C=O) groups is 2. The van der Waals surface area contributed by atoms with Crippen LogP contribution in [0.2, 0.25) is 0 Å². The monoisotopic (exact) mass is 356 g/mol. The number of carbonyl (C=O) groups excluding carboxylic acids is 2. The Hall–Kier alpha value is -2.37. The lowest BCUT2D eigenvalue weighted by Crippen LogP contribution is -2.36. The number of hydrogen-bond acceptors (Lipinski definition) is 3. The number of pyridine rings is 1. The van der Waals surface area contributed by atoms with Gasteiger partial charge in [0.2, 0.25) is 5.82 Å². The quantitative estimate of drug-likeness (QED) is 0.864. The summed E-state index contributed by atoms with van der Waals surface area (Å²) in [6.07, 6.45) is 9.34. The van der Waals surface area contributed by atoms with Crippen LogP contribution in [-0.4, -0.2) is 45.7 Å². The van der Waals surface area contributed by atoms with Crippen molar-refractivity contribution in [2.45, 2.75) is 57.9 Å². The van der Waals surface area contributed by atoms with Crippen molar-refractivity contribution in [3.05, 3.63) is 35.9 Å². The molecule has 3 rings (SSSR count). The summed E-state index contributed by atoms with van der Waals surface area (Å²) in [6.45, 7) is 2.78. The molecule has 0 atom stereocenters. The second-order valence-corrected chi connectivity index (χ2v) is 7.13. The van der Waals surface area contributed by atoms with Gasteiger partial charge in [-0.25, -0.2) is 4.98 Å². The van der Waals surface area contributed by atoms with Crippen LogP contribution in [0.1, 0.15) is 73.0 Å². The van der Waals surface area contributed by atoms with Crippen molar-refractivity contribution in [1.29, 1.82) is 0 Å². The maximum atomic E-state index is 12.8. The highest BCUT2D eigenvalue weighted by atomic mass is 16.2. The molecule has 1 aliphatic carbocycles. The molecular formula is C20H28N4O2. The molecule has 0 radical (unpaired) electrons. The summed E-state index contributed by atoms with van der Waals surface area (Å²) in [4.78, 5) is 31.7. The van der Waals surface area contributed by atoms with Crippen LogP contribution in [0.25, 0.3) is 5.52 Å². The van der Waals surface area contributed by atoms with E-state index in [4.69, 9.17) is 0 Å². The molecule has 0 aliphatic heterocycles. The lowest BCUT2D eigenvalue weighted by Gasteiger charge is -2.22. The minimum absolute atomic E-state index is 0.156. The van der Waals surface area contributed by atoms with Crippen LogP contribution in [0, 0.1) is 0 Å². The van der Waals surface area contributed by atoms with Crippen molar-refractivity contribution in [2.75, 3.05) is 13.6 Å². The highest BCUT2D eigenvalue weighted by Gasteiger charge is 2.25. The van der Waals surface area contributed by atoms with Gasteiger partial charge in [0.1, 0.15) is 0 Å². The Balaban J connectivity index is 1.86. The maximum Gasteiger partial charge on any atom is 0.289 e. The zero-order valence-corrected chi connectivity index (χ0v) is 15.7. The Bertz CT molecular complexity index is 777. The van der Waals surface area contributed by atoms with Crippen LogP contribution in [0.3, 0.4) is 0 Å². The molecule has 0 spiro atoms. The number of hydrogen-bond donors (Lipinski definition) is 1. The van der Waals surface area contributed by atoms with E-state index in [1.54, 1.807) is 22.5 Å². The molecule has 140 valence electrons. The highest BCUT2D eigenvalue weighted by Crippen LogP contribution is 2.19. The molecule has 0 aromatic carbocycles. The van der Waals surface area contributed by atoms with Gasteiger partial charge in [-0.05, 0) is 31.4 Å². The molecule has 6 heteroatoms. The van der Waals surface area contributed by atoms with Gasteiger partial charge in [-0.1, -0.05) is 38.7 Å². The highest BCUT2D eigenvalue weighted by molar-refractivity contribution is 6.02. The molecule has 0 unspecified atom stereocenters. The van der Waals surface area contributed by atoms with Crippen molar-refractivity contribution < 1.29 is 9.59 Å². The number of amides is 2. The molecule has 2 aromatic heterocycles. The number of imidazole rings is 1. The first-order chi connectivity index (χ1) is 12.6. The van der Waals surface area contributed by atoms with Crippen LogP contribution in [0.4, 0.5) is 0 Å². The number of unbranched alkanes of at least 4 members (excludes halogenated alkanes) is 1. The van der Waals surface area contributed by atoms with Crippen LogP contribution >= 0.6 is 0 Å². The van der Waals surface area contributed by atoms with E-state index in [-0.39, 0.29) is 17.9 Å². The minimum Gasteiger partial charge on any atom is -0.348 e. The summed E-state index contributed by atoms with van der Waals surface area (Å²) in [7, 11) is 1.78. The van der Waals surface area contributed by atoms with Gasteiger partial charge in [-0.15, -0.1) is 0 Å². The van der Waals surface area contributed by atoms with E-state index in [1.165, 1.54) is 6.42 Å². The average molecular weight is 356 g/mol. The van der Waals surface area contributed by atoms with Gasteiger partial charge in [0.25, 0.3) is 11.8 Å². The smallest absolute Gasteiger partial charge is 0.289 e. The average Bonchev–Trinajstić information content (AvgIpc) is 3.06. The zero-order valence-electron chi connectivity index (χ0n) is 15.7. The Labute approximate surface area is 154 Å². The van der Waals surface area contributed by atoms with Crippen LogP contribution in [-0.2, 0) is 0 Å². The van der Waals surface area contributed by atoms with Crippen molar-refractivity contribution in [3.63, 3.8) is 0 Å². The number of nitrogens with zero attached hydrogens (tertiary/aromatic N) is 3. The van der Waals surface area contributed by atoms with Gasteiger partial charge in [0.15, 0.2) is 5.69 Å². The first-order valence-electron chi connectivity index (χ1n) is 9.65.